The molecule has 0 aromatic heterocycles. The van der Waals surface area contributed by atoms with E-state index in [0.29, 0.717) is 37.3 Å². The Hall–Kier alpha value is -3.04. The molecule has 0 bridgehead atoms. The Bertz CT molecular complexity index is 1550. The summed E-state index contributed by atoms with van der Waals surface area (Å²) in [6, 6.07) is 16.7. The molecule has 0 saturated carbocycles. The van der Waals surface area contributed by atoms with Gasteiger partial charge in [0.15, 0.2) is 0 Å². The van der Waals surface area contributed by atoms with Crippen LogP contribution >= 0.6 is 0 Å². The van der Waals surface area contributed by atoms with E-state index < -0.39 is 26.2 Å². The number of phenols is 1. The molecule has 0 aliphatic carbocycles. The van der Waals surface area contributed by atoms with Crippen LogP contribution in [0.2, 0.25) is 0 Å². The summed E-state index contributed by atoms with van der Waals surface area (Å²) < 4.78 is 57.0. The number of hydrogen-bond donors (Lipinski definition) is 6. The molecule has 3 rings (SSSR count). The van der Waals surface area contributed by atoms with Crippen LogP contribution in [-0.2, 0) is 37.8 Å². The number of rotatable bonds is 20. The van der Waals surface area contributed by atoms with Gasteiger partial charge in [-0.2, -0.15) is 0 Å². The minimum atomic E-state index is -3.96. The van der Waals surface area contributed by atoms with Crippen LogP contribution < -0.4 is 15.2 Å². The number of benzene rings is 3. The maximum absolute atomic E-state index is 12.9. The third-order valence-electron chi connectivity index (χ3n) is 7.02. The summed E-state index contributed by atoms with van der Waals surface area (Å²) in [7, 11) is -7.87. The van der Waals surface area contributed by atoms with Crippen LogP contribution in [-0.4, -0.2) is 58.5 Å². The van der Waals surface area contributed by atoms with Crippen molar-refractivity contribution < 1.29 is 36.9 Å². The molecule has 242 valence electrons. The van der Waals surface area contributed by atoms with E-state index >= 15 is 0 Å². The van der Waals surface area contributed by atoms with Gasteiger partial charge in [0.1, 0.15) is 5.75 Å². The lowest BCUT2D eigenvalue weighted by Gasteiger charge is -2.14. The van der Waals surface area contributed by atoms with E-state index in [1.54, 1.807) is 24.3 Å². The van der Waals surface area contributed by atoms with Crippen LogP contribution in [0.4, 0.5) is 5.69 Å². The summed E-state index contributed by atoms with van der Waals surface area (Å²) >= 11 is 0. The van der Waals surface area contributed by atoms with Gasteiger partial charge in [-0.15, -0.1) is 0 Å². The van der Waals surface area contributed by atoms with Crippen LogP contribution in [0.3, 0.4) is 0 Å². The van der Waals surface area contributed by atoms with Crippen molar-refractivity contribution in [2.24, 2.45) is 5.14 Å². The molecule has 3 aromatic carbocycles. The highest BCUT2D eigenvalue weighted by Crippen LogP contribution is 2.23. The molecular formula is C31H43N3O8S2. The first kappa shape index (κ1) is 35.4. The monoisotopic (exact) mass is 649 g/mol. The first-order valence-corrected chi connectivity index (χ1v) is 17.7. The minimum absolute atomic E-state index is 0.0163. The van der Waals surface area contributed by atoms with Crippen LogP contribution in [0.15, 0.2) is 76.5 Å². The van der Waals surface area contributed by atoms with Gasteiger partial charge in [0.05, 0.1) is 28.2 Å². The van der Waals surface area contributed by atoms with Crippen LogP contribution in [0.5, 0.6) is 5.75 Å². The van der Waals surface area contributed by atoms with E-state index in [-0.39, 0.29) is 27.8 Å². The molecule has 11 nitrogen and oxygen atoms in total. The topological polar surface area (TPSA) is 188 Å². The van der Waals surface area contributed by atoms with Gasteiger partial charge in [0.2, 0.25) is 10.0 Å². The van der Waals surface area contributed by atoms with Gasteiger partial charge in [0, 0.05) is 25.3 Å². The van der Waals surface area contributed by atoms with Crippen molar-refractivity contribution in [1.29, 1.82) is 0 Å². The van der Waals surface area contributed by atoms with Crippen molar-refractivity contribution in [3.63, 3.8) is 0 Å². The van der Waals surface area contributed by atoms with Crippen molar-refractivity contribution in [3.8, 4) is 5.75 Å². The van der Waals surface area contributed by atoms with Crippen LogP contribution in [0, 0.1) is 0 Å². The second kappa shape index (κ2) is 17.4. The quantitative estimate of drug-likeness (QED) is 0.0995. The minimum Gasteiger partial charge on any atom is -0.508 e. The summed E-state index contributed by atoms with van der Waals surface area (Å²) in [5, 5.41) is 37.5. The third kappa shape index (κ3) is 11.8. The maximum Gasteiger partial charge on any atom is 0.261 e. The van der Waals surface area contributed by atoms with E-state index in [9.17, 15) is 32.2 Å². The molecule has 3 aromatic rings. The lowest BCUT2D eigenvalue weighted by atomic mass is 10.1. The fraction of sp³-hybridized carbons (Fsp3) is 0.419. The van der Waals surface area contributed by atoms with Gasteiger partial charge in [-0.1, -0.05) is 37.1 Å². The molecule has 1 atom stereocenters. The number of aliphatic hydroxyl groups excluding tert-OH is 2. The van der Waals surface area contributed by atoms with Crippen molar-refractivity contribution in [2.75, 3.05) is 31.0 Å². The molecule has 0 radical (unpaired) electrons. The number of nitrogens with two attached hydrogens (primary N) is 1. The Morgan fingerprint density at radius 1 is 0.818 bits per heavy atom. The molecule has 44 heavy (non-hydrogen) atoms. The number of unbranched alkanes of at least 4 members (excludes halogenated alkanes) is 4. The molecule has 0 heterocycles. The first-order valence-electron chi connectivity index (χ1n) is 14.6. The highest BCUT2D eigenvalue weighted by molar-refractivity contribution is 7.92. The zero-order valence-corrected chi connectivity index (χ0v) is 26.3. The zero-order chi connectivity index (χ0) is 32.0. The molecule has 0 amide bonds. The van der Waals surface area contributed by atoms with Gasteiger partial charge < -0.3 is 25.4 Å². The number of aryl methyl sites for hydroxylation is 1. The lowest BCUT2D eigenvalue weighted by Crippen LogP contribution is -2.22. The van der Waals surface area contributed by atoms with Gasteiger partial charge in [-0.3, -0.25) is 4.72 Å². The lowest BCUT2D eigenvalue weighted by molar-refractivity contribution is 0.126. The molecule has 0 spiro atoms. The Kier molecular flexibility index (Phi) is 14.1. The van der Waals surface area contributed by atoms with Gasteiger partial charge in [0.25, 0.3) is 10.0 Å². The fourth-order valence-electron chi connectivity index (χ4n) is 4.56. The van der Waals surface area contributed by atoms with Crippen LogP contribution in [0.1, 0.15) is 61.3 Å². The Labute approximate surface area is 260 Å². The van der Waals surface area contributed by atoms with Crippen molar-refractivity contribution in [3.05, 3.63) is 83.4 Å². The van der Waals surface area contributed by atoms with Crippen molar-refractivity contribution in [1.82, 2.24) is 5.32 Å². The average Bonchev–Trinajstić information content (AvgIpc) is 2.99. The second-order valence-corrected chi connectivity index (χ2v) is 13.8. The maximum atomic E-state index is 12.9. The number of sulfonamides is 2. The summed E-state index contributed by atoms with van der Waals surface area (Å²) in [6.07, 6.45) is 5.72. The summed E-state index contributed by atoms with van der Waals surface area (Å²) in [6.45, 7) is 2.22. The molecule has 0 fully saturated rings. The largest absolute Gasteiger partial charge is 0.508 e. The Morgan fingerprint density at radius 2 is 1.52 bits per heavy atom. The number of hydrogen-bond acceptors (Lipinski definition) is 9. The van der Waals surface area contributed by atoms with E-state index in [1.165, 1.54) is 36.4 Å². The molecule has 0 aliphatic rings. The number of anilines is 1. The molecule has 13 heteroatoms. The first-order chi connectivity index (χ1) is 21.0. The second-order valence-electron chi connectivity index (χ2n) is 10.6. The highest BCUT2D eigenvalue weighted by atomic mass is 32.2. The van der Waals surface area contributed by atoms with E-state index in [4.69, 9.17) is 9.88 Å². The number of nitrogens with one attached hydrogen (secondary N) is 2. The van der Waals surface area contributed by atoms with E-state index in [1.807, 2.05) is 6.07 Å². The molecular weight excluding hydrogens is 606 g/mol. The van der Waals surface area contributed by atoms with E-state index in [2.05, 4.69) is 10.0 Å². The van der Waals surface area contributed by atoms with Crippen molar-refractivity contribution in [2.45, 2.75) is 67.4 Å². The predicted octanol–water partition coefficient (Wildman–Crippen LogP) is 3.56. The number of aliphatic hydroxyl groups is 2. The SMILES string of the molecule is NS(=O)(=O)c1cccc(NS(=O)(=O)c2cccc(CCCCOCCCCCCNC[C@@H](O)c3ccc(O)c(CO)c3)c2)c1. The molecule has 7 N–H and O–H groups in total. The van der Waals surface area contributed by atoms with E-state index in [0.717, 1.165) is 50.6 Å². The number of ether oxygens (including phenoxy) is 1. The summed E-state index contributed by atoms with van der Waals surface area (Å²) in [4.78, 5) is -0.0891. The van der Waals surface area contributed by atoms with Crippen molar-refractivity contribution >= 4 is 25.7 Å². The van der Waals surface area contributed by atoms with Gasteiger partial charge >= 0.3 is 0 Å². The standard InChI is InChI=1S/C31H43N3O8S2/c32-43(38,39)28-12-8-11-27(21-28)34-44(40,41)29-13-7-10-24(19-29)9-3-6-18-42-17-5-2-1-4-16-33-22-31(37)25-14-15-30(36)26(20-25)23-35/h7-8,10-15,19-21,31,33-37H,1-6,9,16-18,22-23H2,(H2,32,38,39)/t31-/m1/s1. The molecule has 0 aliphatic heterocycles. The normalized spacial score (nSPS) is 12.7. The predicted molar refractivity (Wildman–Crippen MR) is 169 cm³/mol. The average molecular weight is 650 g/mol. The molecule has 0 unspecified atom stereocenters. The van der Waals surface area contributed by atoms with Crippen LogP contribution in [0.25, 0.3) is 0 Å². The molecule has 0 saturated heterocycles. The van der Waals surface area contributed by atoms with Gasteiger partial charge in [-0.25, -0.2) is 22.0 Å². The summed E-state index contributed by atoms with van der Waals surface area (Å²) in [5.41, 5.74) is 2.03. The van der Waals surface area contributed by atoms with Gasteiger partial charge in [-0.05, 0) is 92.2 Å². The zero-order valence-electron chi connectivity index (χ0n) is 24.7. The highest BCUT2D eigenvalue weighted by Gasteiger charge is 2.16. The Morgan fingerprint density at radius 3 is 2.27 bits per heavy atom. The summed E-state index contributed by atoms with van der Waals surface area (Å²) in [5.74, 6) is 0.0163. The number of aromatic hydroxyl groups is 1. The fourth-order valence-corrected chi connectivity index (χ4v) is 6.24. The number of primary sulfonamides is 1. The third-order valence-corrected chi connectivity index (χ3v) is 9.31. The smallest absolute Gasteiger partial charge is 0.261 e. The Balaban J connectivity index is 1.25.